The molecule has 1 rings (SSSR count). The molecule has 0 aromatic heterocycles. The number of thioether (sulfide) groups is 1. The third-order valence-corrected chi connectivity index (χ3v) is 2.99. The highest BCUT2D eigenvalue weighted by atomic mass is 32.2. The molecule has 0 aliphatic carbocycles. The summed E-state index contributed by atoms with van der Waals surface area (Å²) in [7, 11) is 0. The molecule has 0 aliphatic heterocycles. The van der Waals surface area contributed by atoms with Gasteiger partial charge in [0.25, 0.3) is 0 Å². The highest BCUT2D eigenvalue weighted by molar-refractivity contribution is 7.99. The molecule has 0 fully saturated rings. The first-order valence-corrected chi connectivity index (χ1v) is 5.89. The number of carbonyl (C=O) groups is 1. The first-order chi connectivity index (χ1) is 6.72. The van der Waals surface area contributed by atoms with Crippen LogP contribution in [-0.2, 0) is 0 Å². The summed E-state index contributed by atoms with van der Waals surface area (Å²) in [5, 5.41) is 0. The molecule has 0 heterocycles. The zero-order chi connectivity index (χ0) is 10.4. The molecule has 0 bridgehead atoms. The summed E-state index contributed by atoms with van der Waals surface area (Å²) in [6.07, 6.45) is 2.11. The Morgan fingerprint density at radius 3 is 2.86 bits per heavy atom. The Bertz CT molecular complexity index is 294. The molecule has 0 N–H and O–H groups in total. The molecule has 2 heteroatoms. The van der Waals surface area contributed by atoms with E-state index in [0.717, 1.165) is 23.5 Å². The summed E-state index contributed by atoms with van der Waals surface area (Å²) in [5.74, 6) is 1.87. The van der Waals surface area contributed by atoms with Crippen LogP contribution >= 0.6 is 11.8 Å². The van der Waals surface area contributed by atoms with E-state index in [9.17, 15) is 4.79 Å². The van der Waals surface area contributed by atoms with Crippen molar-refractivity contribution in [2.75, 3.05) is 5.75 Å². The second kappa shape index (κ2) is 5.86. The molecule has 1 aromatic rings. The highest BCUT2D eigenvalue weighted by Gasteiger charge is 1.97. The van der Waals surface area contributed by atoms with Crippen LogP contribution in [0.15, 0.2) is 29.2 Å². The van der Waals surface area contributed by atoms with Gasteiger partial charge in [-0.3, -0.25) is 4.79 Å². The van der Waals surface area contributed by atoms with Gasteiger partial charge in [0.15, 0.2) is 0 Å². The summed E-state index contributed by atoms with van der Waals surface area (Å²) in [4.78, 5) is 11.7. The summed E-state index contributed by atoms with van der Waals surface area (Å²) in [5.41, 5.74) is 0.763. The topological polar surface area (TPSA) is 17.1 Å². The van der Waals surface area contributed by atoms with Crippen molar-refractivity contribution in [2.24, 2.45) is 5.92 Å². The average molecular weight is 208 g/mol. The van der Waals surface area contributed by atoms with E-state index < -0.39 is 0 Å². The highest BCUT2D eigenvalue weighted by Crippen LogP contribution is 2.20. The molecular weight excluding hydrogens is 192 g/mol. The summed E-state index contributed by atoms with van der Waals surface area (Å²) >= 11 is 1.82. The van der Waals surface area contributed by atoms with Gasteiger partial charge in [-0.05, 0) is 30.2 Å². The Morgan fingerprint density at radius 1 is 1.43 bits per heavy atom. The van der Waals surface area contributed by atoms with Crippen molar-refractivity contribution in [1.82, 2.24) is 0 Å². The molecule has 1 nitrogen and oxygen atoms in total. The standard InChI is InChI=1S/C12H16OS/c1-10(2)6-7-14-12-5-3-4-11(8-12)9-13/h3-5,8-10H,6-7H2,1-2H3. The molecule has 0 amide bonds. The van der Waals surface area contributed by atoms with E-state index in [2.05, 4.69) is 19.9 Å². The van der Waals surface area contributed by atoms with Crippen LogP contribution in [0.1, 0.15) is 30.6 Å². The molecule has 76 valence electrons. The molecule has 0 saturated heterocycles. The maximum atomic E-state index is 10.5. The Kier molecular flexibility index (Phi) is 4.74. The fraction of sp³-hybridized carbons (Fsp3) is 0.417. The summed E-state index contributed by atoms with van der Waals surface area (Å²) in [6.45, 7) is 4.45. The Labute approximate surface area is 89.9 Å². The number of aldehydes is 1. The van der Waals surface area contributed by atoms with Crippen LogP contribution in [0.2, 0.25) is 0 Å². The van der Waals surface area contributed by atoms with Gasteiger partial charge in [0.1, 0.15) is 6.29 Å². The van der Waals surface area contributed by atoms with Crippen molar-refractivity contribution in [3.63, 3.8) is 0 Å². The molecule has 0 saturated carbocycles. The van der Waals surface area contributed by atoms with E-state index in [-0.39, 0.29) is 0 Å². The number of carbonyl (C=O) groups excluding carboxylic acids is 1. The zero-order valence-corrected chi connectivity index (χ0v) is 9.51. The van der Waals surface area contributed by atoms with Crippen molar-refractivity contribution < 1.29 is 4.79 Å². The molecule has 0 spiro atoms. The Morgan fingerprint density at radius 2 is 2.21 bits per heavy atom. The lowest BCUT2D eigenvalue weighted by molar-refractivity contribution is 0.112. The van der Waals surface area contributed by atoms with Gasteiger partial charge in [-0.25, -0.2) is 0 Å². The zero-order valence-electron chi connectivity index (χ0n) is 8.69. The second-order valence-corrected chi connectivity index (χ2v) is 4.89. The van der Waals surface area contributed by atoms with Crippen LogP contribution in [0.4, 0.5) is 0 Å². The van der Waals surface area contributed by atoms with E-state index in [4.69, 9.17) is 0 Å². The van der Waals surface area contributed by atoms with Gasteiger partial charge >= 0.3 is 0 Å². The van der Waals surface area contributed by atoms with Gasteiger partial charge < -0.3 is 0 Å². The molecular formula is C12H16OS. The Hall–Kier alpha value is -0.760. The van der Waals surface area contributed by atoms with Crippen LogP contribution in [-0.4, -0.2) is 12.0 Å². The molecule has 0 aliphatic rings. The smallest absolute Gasteiger partial charge is 0.150 e. The number of rotatable bonds is 5. The van der Waals surface area contributed by atoms with Crippen molar-refractivity contribution in [3.8, 4) is 0 Å². The lowest BCUT2D eigenvalue weighted by Crippen LogP contribution is -1.89. The average Bonchev–Trinajstić information content (AvgIpc) is 2.18. The third-order valence-electron chi connectivity index (χ3n) is 1.96. The minimum absolute atomic E-state index is 0.747. The van der Waals surface area contributed by atoms with Crippen LogP contribution < -0.4 is 0 Å². The third kappa shape index (κ3) is 3.97. The van der Waals surface area contributed by atoms with E-state index in [0.29, 0.717) is 0 Å². The molecule has 0 unspecified atom stereocenters. The lowest BCUT2D eigenvalue weighted by atomic mass is 10.2. The van der Waals surface area contributed by atoms with E-state index in [1.54, 1.807) is 0 Å². The van der Waals surface area contributed by atoms with E-state index in [1.165, 1.54) is 11.3 Å². The van der Waals surface area contributed by atoms with E-state index in [1.807, 2.05) is 30.0 Å². The molecule has 1 aromatic carbocycles. The van der Waals surface area contributed by atoms with Crippen molar-refractivity contribution in [3.05, 3.63) is 29.8 Å². The normalized spacial score (nSPS) is 10.5. The quantitative estimate of drug-likeness (QED) is 0.543. The van der Waals surface area contributed by atoms with Crippen LogP contribution in [0.25, 0.3) is 0 Å². The maximum Gasteiger partial charge on any atom is 0.150 e. The number of hydrogen-bond donors (Lipinski definition) is 0. The van der Waals surface area contributed by atoms with Gasteiger partial charge in [-0.1, -0.05) is 26.0 Å². The monoisotopic (exact) mass is 208 g/mol. The van der Waals surface area contributed by atoms with Gasteiger partial charge in [0.05, 0.1) is 0 Å². The lowest BCUT2D eigenvalue weighted by Gasteiger charge is -2.04. The minimum atomic E-state index is 0.747. The van der Waals surface area contributed by atoms with Crippen LogP contribution in [0, 0.1) is 5.92 Å². The summed E-state index contributed by atoms with van der Waals surface area (Å²) in [6, 6.07) is 7.76. The first kappa shape index (κ1) is 11.3. The molecule has 14 heavy (non-hydrogen) atoms. The fourth-order valence-electron chi connectivity index (χ4n) is 1.09. The van der Waals surface area contributed by atoms with Crippen LogP contribution in [0.3, 0.4) is 0 Å². The van der Waals surface area contributed by atoms with Crippen molar-refractivity contribution in [1.29, 1.82) is 0 Å². The predicted molar refractivity (Wildman–Crippen MR) is 62.0 cm³/mol. The second-order valence-electron chi connectivity index (χ2n) is 3.72. The number of hydrogen-bond acceptors (Lipinski definition) is 2. The first-order valence-electron chi connectivity index (χ1n) is 4.90. The SMILES string of the molecule is CC(C)CCSc1cccc(C=O)c1. The van der Waals surface area contributed by atoms with Gasteiger partial charge in [-0.15, -0.1) is 11.8 Å². The minimum Gasteiger partial charge on any atom is -0.298 e. The maximum absolute atomic E-state index is 10.5. The Balaban J connectivity index is 2.46. The van der Waals surface area contributed by atoms with Crippen molar-refractivity contribution >= 4 is 18.0 Å². The molecule has 0 atom stereocenters. The number of benzene rings is 1. The van der Waals surface area contributed by atoms with E-state index >= 15 is 0 Å². The van der Waals surface area contributed by atoms with Crippen molar-refractivity contribution in [2.45, 2.75) is 25.2 Å². The fourth-order valence-corrected chi connectivity index (χ4v) is 2.31. The van der Waals surface area contributed by atoms with Crippen LogP contribution in [0.5, 0.6) is 0 Å². The molecule has 0 radical (unpaired) electrons. The van der Waals surface area contributed by atoms with Gasteiger partial charge in [0, 0.05) is 10.5 Å². The van der Waals surface area contributed by atoms with Gasteiger partial charge in [0.2, 0.25) is 0 Å². The van der Waals surface area contributed by atoms with Gasteiger partial charge in [-0.2, -0.15) is 0 Å². The summed E-state index contributed by atoms with van der Waals surface area (Å²) < 4.78 is 0. The predicted octanol–water partition coefficient (Wildman–Crippen LogP) is 3.64. The largest absolute Gasteiger partial charge is 0.298 e.